The Morgan fingerprint density at radius 2 is 1.78 bits per heavy atom. The minimum atomic E-state index is -0.831. The Labute approximate surface area is 212 Å². The lowest BCUT2D eigenvalue weighted by Crippen LogP contribution is -2.32. The second kappa shape index (κ2) is 11.9. The zero-order valence-corrected chi connectivity index (χ0v) is 21.7. The summed E-state index contributed by atoms with van der Waals surface area (Å²) < 4.78 is 22.3. The summed E-state index contributed by atoms with van der Waals surface area (Å²) in [5, 5.41) is 11.3. The van der Waals surface area contributed by atoms with Gasteiger partial charge in [0, 0.05) is 19.2 Å². The molecule has 2 aromatic rings. The molecule has 1 amide bonds. The average Bonchev–Trinajstić information content (AvgIpc) is 3.10. The van der Waals surface area contributed by atoms with Gasteiger partial charge in [-0.05, 0) is 49.6 Å². The smallest absolute Gasteiger partial charge is 0.295 e. The van der Waals surface area contributed by atoms with Crippen molar-refractivity contribution < 1.29 is 33.6 Å². The van der Waals surface area contributed by atoms with Crippen LogP contribution in [0.3, 0.4) is 0 Å². The van der Waals surface area contributed by atoms with Gasteiger partial charge in [0.1, 0.15) is 11.5 Å². The van der Waals surface area contributed by atoms with Crippen molar-refractivity contribution in [3.63, 3.8) is 0 Å². The number of amides is 1. The lowest BCUT2D eigenvalue weighted by molar-refractivity contribution is -0.140. The highest BCUT2D eigenvalue weighted by molar-refractivity contribution is 6.46. The standard InChI is InChI=1S/C28H35NO7/c1-17(2)16-35-23-15-19(10-11-22(23)34-6)25-24(27(31)28(32)29(25)12-13-33-5)26(30)20-8-7-9-21(14-20)36-18(3)4/h7-11,14-15,17-18,25,30H,12-13,16H2,1-6H3/b26-24-. The number of nitrogens with zero attached hydrogens (tertiary/aromatic N) is 1. The third-order valence-electron chi connectivity index (χ3n) is 5.63. The van der Waals surface area contributed by atoms with Crippen molar-refractivity contribution in [2.45, 2.75) is 39.8 Å². The van der Waals surface area contributed by atoms with Crippen LogP contribution in [0.1, 0.15) is 44.9 Å². The number of hydrogen-bond donors (Lipinski definition) is 1. The molecule has 1 N–H and O–H groups in total. The third-order valence-corrected chi connectivity index (χ3v) is 5.63. The average molecular weight is 498 g/mol. The molecule has 0 aromatic heterocycles. The highest BCUT2D eigenvalue weighted by atomic mass is 16.5. The first-order valence-electron chi connectivity index (χ1n) is 12.0. The number of ether oxygens (including phenoxy) is 4. The Morgan fingerprint density at radius 3 is 2.42 bits per heavy atom. The fraction of sp³-hybridized carbons (Fsp3) is 0.429. The van der Waals surface area contributed by atoms with Gasteiger partial charge >= 0.3 is 0 Å². The number of Topliss-reactive ketones (excluding diaryl/α,β-unsaturated/α-hetero) is 1. The molecule has 1 aliphatic heterocycles. The molecular formula is C28H35NO7. The van der Waals surface area contributed by atoms with Gasteiger partial charge in [-0.3, -0.25) is 9.59 Å². The first kappa shape index (κ1) is 27.1. The number of carbonyl (C=O) groups is 2. The van der Waals surface area contributed by atoms with Gasteiger partial charge in [0.2, 0.25) is 0 Å². The molecule has 0 spiro atoms. The Hall–Kier alpha value is -3.52. The maximum Gasteiger partial charge on any atom is 0.295 e. The minimum Gasteiger partial charge on any atom is -0.507 e. The Bertz CT molecular complexity index is 1120. The fourth-order valence-electron chi connectivity index (χ4n) is 4.02. The zero-order chi connectivity index (χ0) is 26.4. The molecule has 3 rings (SSSR count). The summed E-state index contributed by atoms with van der Waals surface area (Å²) in [5.41, 5.74) is 0.992. The second-order valence-electron chi connectivity index (χ2n) is 9.29. The number of hydrogen-bond acceptors (Lipinski definition) is 7. The molecular weight excluding hydrogens is 462 g/mol. The summed E-state index contributed by atoms with van der Waals surface area (Å²) in [6.07, 6.45) is -0.0643. The molecule has 8 heteroatoms. The highest BCUT2D eigenvalue weighted by Crippen LogP contribution is 2.42. The van der Waals surface area contributed by atoms with Crippen molar-refractivity contribution in [1.29, 1.82) is 0 Å². The van der Waals surface area contributed by atoms with Crippen LogP contribution in [0.4, 0.5) is 0 Å². The zero-order valence-electron chi connectivity index (χ0n) is 21.7. The van der Waals surface area contributed by atoms with E-state index in [2.05, 4.69) is 0 Å². The molecule has 1 atom stereocenters. The number of likely N-dealkylation sites (tertiary alicyclic amines) is 1. The van der Waals surface area contributed by atoms with E-state index in [4.69, 9.17) is 18.9 Å². The summed E-state index contributed by atoms with van der Waals surface area (Å²) in [6, 6.07) is 11.3. The van der Waals surface area contributed by atoms with Crippen molar-refractivity contribution in [2.24, 2.45) is 5.92 Å². The summed E-state index contributed by atoms with van der Waals surface area (Å²) in [7, 11) is 3.07. The fourth-order valence-corrected chi connectivity index (χ4v) is 4.02. The number of ketones is 1. The molecule has 1 fully saturated rings. The van der Waals surface area contributed by atoms with E-state index < -0.39 is 17.7 Å². The van der Waals surface area contributed by atoms with Crippen LogP contribution in [0.2, 0.25) is 0 Å². The topological polar surface area (TPSA) is 94.5 Å². The van der Waals surface area contributed by atoms with Crippen molar-refractivity contribution in [2.75, 3.05) is 34.0 Å². The van der Waals surface area contributed by atoms with Gasteiger partial charge in [-0.1, -0.05) is 32.0 Å². The molecule has 1 unspecified atom stereocenters. The molecule has 0 bridgehead atoms. The summed E-state index contributed by atoms with van der Waals surface area (Å²) in [4.78, 5) is 27.7. The minimum absolute atomic E-state index is 0.00206. The van der Waals surface area contributed by atoms with Crippen LogP contribution in [0.5, 0.6) is 17.2 Å². The highest BCUT2D eigenvalue weighted by Gasteiger charge is 2.46. The Balaban J connectivity index is 2.15. The largest absolute Gasteiger partial charge is 0.507 e. The van der Waals surface area contributed by atoms with Gasteiger partial charge in [0.05, 0.1) is 38.0 Å². The van der Waals surface area contributed by atoms with E-state index in [9.17, 15) is 14.7 Å². The SMILES string of the molecule is COCCN1C(=O)C(=O)/C(=C(\O)c2cccc(OC(C)C)c2)C1c1ccc(OC)c(OCC(C)C)c1. The number of aliphatic hydroxyl groups is 1. The predicted molar refractivity (Wildman–Crippen MR) is 136 cm³/mol. The molecule has 194 valence electrons. The maximum absolute atomic E-state index is 13.2. The van der Waals surface area contributed by atoms with E-state index in [-0.39, 0.29) is 36.5 Å². The predicted octanol–water partition coefficient (Wildman–Crippen LogP) is 4.59. The van der Waals surface area contributed by atoms with Crippen LogP contribution in [0, 0.1) is 5.92 Å². The molecule has 1 saturated heterocycles. The van der Waals surface area contributed by atoms with Crippen LogP contribution in [-0.2, 0) is 14.3 Å². The summed E-state index contributed by atoms with van der Waals surface area (Å²) >= 11 is 0. The Morgan fingerprint density at radius 1 is 1.03 bits per heavy atom. The summed E-state index contributed by atoms with van der Waals surface area (Å²) in [5.74, 6) is 0.130. The molecule has 0 saturated carbocycles. The van der Waals surface area contributed by atoms with E-state index >= 15 is 0 Å². The van der Waals surface area contributed by atoms with E-state index in [1.54, 1.807) is 49.6 Å². The van der Waals surface area contributed by atoms with Crippen LogP contribution in [0.25, 0.3) is 5.76 Å². The van der Waals surface area contributed by atoms with Crippen molar-refractivity contribution in [1.82, 2.24) is 4.90 Å². The first-order valence-corrected chi connectivity index (χ1v) is 12.0. The number of carbonyl (C=O) groups excluding carboxylic acids is 2. The quantitative estimate of drug-likeness (QED) is 0.276. The summed E-state index contributed by atoms with van der Waals surface area (Å²) in [6.45, 7) is 8.74. The molecule has 2 aromatic carbocycles. The molecule has 0 aliphatic carbocycles. The number of methoxy groups -OCH3 is 2. The van der Waals surface area contributed by atoms with Gasteiger partial charge in [0.15, 0.2) is 11.5 Å². The van der Waals surface area contributed by atoms with E-state index in [1.165, 1.54) is 12.0 Å². The van der Waals surface area contributed by atoms with Crippen molar-refractivity contribution >= 4 is 17.4 Å². The number of benzene rings is 2. The molecule has 36 heavy (non-hydrogen) atoms. The van der Waals surface area contributed by atoms with Crippen LogP contribution in [0.15, 0.2) is 48.0 Å². The molecule has 1 heterocycles. The third kappa shape index (κ3) is 5.99. The van der Waals surface area contributed by atoms with Crippen LogP contribution in [-0.4, -0.2) is 61.8 Å². The number of aliphatic hydroxyl groups excluding tert-OH is 1. The van der Waals surface area contributed by atoms with Gasteiger partial charge in [0.25, 0.3) is 11.7 Å². The van der Waals surface area contributed by atoms with Crippen LogP contribution < -0.4 is 14.2 Å². The lowest BCUT2D eigenvalue weighted by atomic mass is 9.95. The van der Waals surface area contributed by atoms with E-state index in [0.29, 0.717) is 35.0 Å². The molecule has 1 aliphatic rings. The molecule has 8 nitrogen and oxygen atoms in total. The van der Waals surface area contributed by atoms with Crippen molar-refractivity contribution in [3.05, 3.63) is 59.2 Å². The monoisotopic (exact) mass is 497 g/mol. The maximum atomic E-state index is 13.2. The molecule has 0 radical (unpaired) electrons. The number of rotatable bonds is 11. The van der Waals surface area contributed by atoms with Gasteiger partial charge in [-0.2, -0.15) is 0 Å². The van der Waals surface area contributed by atoms with E-state index in [1.807, 2.05) is 27.7 Å². The van der Waals surface area contributed by atoms with E-state index in [0.717, 1.165) is 0 Å². The second-order valence-corrected chi connectivity index (χ2v) is 9.29. The Kier molecular flexibility index (Phi) is 8.98. The van der Waals surface area contributed by atoms with Gasteiger partial charge in [-0.15, -0.1) is 0 Å². The normalized spacial score (nSPS) is 17.2. The van der Waals surface area contributed by atoms with Gasteiger partial charge in [-0.25, -0.2) is 0 Å². The lowest BCUT2D eigenvalue weighted by Gasteiger charge is -2.26. The van der Waals surface area contributed by atoms with Crippen molar-refractivity contribution in [3.8, 4) is 17.2 Å². The van der Waals surface area contributed by atoms with Gasteiger partial charge < -0.3 is 29.0 Å². The van der Waals surface area contributed by atoms with Crippen LogP contribution >= 0.6 is 0 Å². The first-order chi connectivity index (χ1) is 17.2.